The summed E-state index contributed by atoms with van der Waals surface area (Å²) in [5.41, 5.74) is 0.854. The Kier molecular flexibility index (Phi) is 11.2. The quantitative estimate of drug-likeness (QED) is 0.156. The number of nitrogens with zero attached hydrogens (tertiary/aromatic N) is 1. The summed E-state index contributed by atoms with van der Waals surface area (Å²) in [5, 5.41) is 2.86. The molecule has 0 saturated carbocycles. The summed E-state index contributed by atoms with van der Waals surface area (Å²) in [5.74, 6) is 0.00998. The number of amides is 1. The van der Waals surface area contributed by atoms with Gasteiger partial charge in [0.05, 0.1) is 17.7 Å². The minimum atomic E-state index is -3.06. The van der Waals surface area contributed by atoms with Crippen LogP contribution in [0, 0.1) is 5.92 Å². The number of benzene rings is 1. The van der Waals surface area contributed by atoms with Gasteiger partial charge in [-0.2, -0.15) is 4.98 Å². The van der Waals surface area contributed by atoms with Crippen molar-refractivity contribution < 1.29 is 32.0 Å². The van der Waals surface area contributed by atoms with Gasteiger partial charge in [-0.3, -0.25) is 19.9 Å². The summed E-state index contributed by atoms with van der Waals surface area (Å²) in [6, 6.07) is 10.8. The van der Waals surface area contributed by atoms with Gasteiger partial charge in [-0.15, -0.1) is 0 Å². The lowest BCUT2D eigenvalue weighted by Crippen LogP contribution is -2.66. The van der Waals surface area contributed by atoms with Gasteiger partial charge in [-0.05, 0) is 40.4 Å². The second-order valence-electron chi connectivity index (χ2n) is 14.4. The van der Waals surface area contributed by atoms with E-state index in [2.05, 4.69) is 75.7 Å². The highest BCUT2D eigenvalue weighted by atomic mass is 32.1. The molecule has 3 aromatic rings. The summed E-state index contributed by atoms with van der Waals surface area (Å²) < 4.78 is 40.9. The average molecular weight is 731 g/mol. The lowest BCUT2D eigenvalue weighted by atomic mass is 10.1. The van der Waals surface area contributed by atoms with E-state index in [1.807, 2.05) is 18.2 Å². The normalized spacial score (nSPS) is 23.6. The van der Waals surface area contributed by atoms with Gasteiger partial charge < -0.3 is 32.2 Å². The maximum atomic E-state index is 13.2. The molecule has 2 aromatic heterocycles. The lowest BCUT2D eigenvalue weighted by Gasteiger charge is -2.51. The van der Waals surface area contributed by atoms with Crippen LogP contribution in [0.4, 0.5) is 5.95 Å². The molecule has 2 saturated heterocycles. The smallest absolute Gasteiger partial charge is 0.358 e. The van der Waals surface area contributed by atoms with Crippen LogP contribution in [0.2, 0.25) is 22.2 Å². The molecule has 0 radical (unpaired) electrons. The highest BCUT2D eigenvalue weighted by Crippen LogP contribution is 2.49. The van der Waals surface area contributed by atoms with Crippen LogP contribution in [0.5, 0.6) is 5.75 Å². The zero-order chi connectivity index (χ0) is 35.8. The number of rotatable bonds is 9. The molecule has 2 fully saturated rings. The van der Waals surface area contributed by atoms with Crippen molar-refractivity contribution in [1.29, 1.82) is 0 Å². The van der Waals surface area contributed by atoms with Gasteiger partial charge in [0.1, 0.15) is 29.7 Å². The third-order valence-electron chi connectivity index (χ3n) is 9.41. The first-order chi connectivity index (χ1) is 23.1. The van der Waals surface area contributed by atoms with E-state index >= 15 is 0 Å². The summed E-state index contributed by atoms with van der Waals surface area (Å²) in [7, 11) is -5.90. The largest absolute Gasteiger partial charge is 0.447 e. The van der Waals surface area contributed by atoms with Gasteiger partial charge in [0.2, 0.25) is 11.9 Å². The van der Waals surface area contributed by atoms with Crippen molar-refractivity contribution in [3.05, 3.63) is 52.4 Å². The first-order valence-corrected chi connectivity index (χ1v) is 21.5. The topological polar surface area (TPSA) is 146 Å². The second-order valence-corrected chi connectivity index (χ2v) is 23.6. The van der Waals surface area contributed by atoms with Gasteiger partial charge in [-0.1, -0.05) is 87.4 Å². The van der Waals surface area contributed by atoms with E-state index in [0.29, 0.717) is 16.8 Å². The number of fused-ring (bicyclic) bond motifs is 2. The Morgan fingerprint density at radius 3 is 2.18 bits per heavy atom. The molecule has 49 heavy (non-hydrogen) atoms. The third-order valence-corrected chi connectivity index (χ3v) is 19.8. The van der Waals surface area contributed by atoms with Crippen LogP contribution < -0.4 is 15.6 Å². The number of aromatic nitrogens is 3. The Labute approximate surface area is 295 Å². The zero-order valence-corrected chi connectivity index (χ0v) is 32.8. The van der Waals surface area contributed by atoms with Crippen molar-refractivity contribution in [3.63, 3.8) is 0 Å². The van der Waals surface area contributed by atoms with Crippen LogP contribution in [0.1, 0.15) is 81.0 Å². The number of hydrogen-bond donors (Lipinski definition) is 3. The van der Waals surface area contributed by atoms with E-state index in [4.69, 9.17) is 39.4 Å². The molecule has 12 nitrogen and oxygen atoms in total. The Morgan fingerprint density at radius 1 is 0.959 bits per heavy atom. The van der Waals surface area contributed by atoms with Gasteiger partial charge in [0.15, 0.2) is 6.10 Å². The minimum absolute atomic E-state index is 0.0472. The standard InChI is InChI=1S/C34H50N4O8SSi2/c1-18(2)31(39)37-33-36-30-24(32(40)38-33)16-25(35-30)27-29(44-34(47)42-23-14-12-11-13-15-23)28-26(43-27)17-41-48(19(3)4,20(5)6)46-49(45-28,21(7)8)22(9)10/h11-16,18-22,26-29H,17H2,1-10H3,(H3,35,36,37,38,39,40)/t26-,27+,28-,29+/m1/s1. The van der Waals surface area contributed by atoms with Crippen molar-refractivity contribution in [2.24, 2.45) is 5.92 Å². The molecule has 4 heterocycles. The number of carbonyl (C=O) groups excluding carboxylic acids is 1. The van der Waals surface area contributed by atoms with Gasteiger partial charge >= 0.3 is 22.4 Å². The van der Waals surface area contributed by atoms with Crippen molar-refractivity contribution in [3.8, 4) is 5.75 Å². The highest BCUT2D eigenvalue weighted by Gasteiger charge is 2.62. The molecule has 5 rings (SSSR count). The molecule has 1 amide bonds. The molecule has 15 heteroatoms. The lowest BCUT2D eigenvalue weighted by molar-refractivity contribution is -0.118. The van der Waals surface area contributed by atoms with Crippen molar-refractivity contribution in [1.82, 2.24) is 15.0 Å². The summed E-state index contributed by atoms with van der Waals surface area (Å²) in [6.07, 6.45) is -2.79. The molecular weight excluding hydrogens is 681 g/mol. The first-order valence-electron chi connectivity index (χ1n) is 17.1. The molecule has 1 aromatic carbocycles. The number of hydrogen-bond acceptors (Lipinski definition) is 10. The SMILES string of the molecule is CC(C)C(=O)Nc1nc2[nH]c([C@@H]3O[C@@H]4CO[Si](C(C)C)(C(C)C)O[Si](C(C)C)(C(C)C)O[C@H]4[C@H]3OC(=S)Oc3ccccc3)cc2c(=O)[nH]1. The van der Waals surface area contributed by atoms with Crippen LogP contribution in [-0.4, -0.2) is 68.1 Å². The zero-order valence-electron chi connectivity index (χ0n) is 30.0. The Morgan fingerprint density at radius 2 is 1.59 bits per heavy atom. The van der Waals surface area contributed by atoms with Crippen LogP contribution in [0.15, 0.2) is 41.2 Å². The summed E-state index contributed by atoms with van der Waals surface area (Å²) in [6.45, 7) is 21.0. The molecular formula is C34H50N4O8SSi2. The van der Waals surface area contributed by atoms with E-state index in [-0.39, 0.29) is 57.4 Å². The van der Waals surface area contributed by atoms with E-state index in [1.54, 1.807) is 32.0 Å². The second kappa shape index (κ2) is 14.7. The minimum Gasteiger partial charge on any atom is -0.447 e. The molecule has 0 aliphatic carbocycles. The fourth-order valence-corrected chi connectivity index (χ4v) is 18.2. The van der Waals surface area contributed by atoms with Gasteiger partial charge in [-0.25, -0.2) is 0 Å². The molecule has 268 valence electrons. The van der Waals surface area contributed by atoms with E-state index in [1.165, 1.54) is 0 Å². The predicted molar refractivity (Wildman–Crippen MR) is 196 cm³/mol. The molecule has 0 bridgehead atoms. The number of thiocarbonyl (C=S) groups is 1. The number of anilines is 1. The van der Waals surface area contributed by atoms with Crippen LogP contribution in [0.3, 0.4) is 0 Å². The summed E-state index contributed by atoms with van der Waals surface area (Å²) >= 11 is 5.64. The van der Waals surface area contributed by atoms with Gasteiger partial charge in [0, 0.05) is 18.1 Å². The fraction of sp³-hybridized carbons (Fsp3) is 0.588. The first kappa shape index (κ1) is 37.3. The number of nitrogens with one attached hydrogen (secondary N) is 3. The average Bonchev–Trinajstić information content (AvgIpc) is 3.58. The molecule has 0 spiro atoms. The number of carbonyl (C=O) groups is 1. The van der Waals surface area contributed by atoms with E-state index in [9.17, 15) is 9.59 Å². The van der Waals surface area contributed by atoms with Crippen LogP contribution >= 0.6 is 12.2 Å². The maximum absolute atomic E-state index is 13.2. The Balaban J connectivity index is 1.59. The van der Waals surface area contributed by atoms with Crippen LogP contribution in [0.25, 0.3) is 11.0 Å². The Bertz CT molecular complexity index is 1680. The predicted octanol–water partition coefficient (Wildman–Crippen LogP) is 6.99. The summed E-state index contributed by atoms with van der Waals surface area (Å²) in [4.78, 5) is 35.9. The number of para-hydroxylation sites is 1. The number of H-pyrrole nitrogens is 2. The van der Waals surface area contributed by atoms with E-state index < -0.39 is 47.1 Å². The third kappa shape index (κ3) is 7.43. The van der Waals surface area contributed by atoms with Crippen molar-refractivity contribution in [2.75, 3.05) is 11.9 Å². The molecule has 4 atom stereocenters. The number of ether oxygens (including phenoxy) is 3. The van der Waals surface area contributed by atoms with Gasteiger partial charge in [0.25, 0.3) is 5.56 Å². The number of aromatic amines is 2. The maximum Gasteiger partial charge on any atom is 0.358 e. The van der Waals surface area contributed by atoms with Crippen molar-refractivity contribution >= 4 is 57.5 Å². The molecule has 2 aliphatic rings. The molecule has 2 aliphatic heterocycles. The Hall–Kier alpha value is -2.93. The highest BCUT2D eigenvalue weighted by molar-refractivity contribution is 7.79. The molecule has 0 unspecified atom stereocenters. The van der Waals surface area contributed by atoms with E-state index in [0.717, 1.165) is 0 Å². The fourth-order valence-electron chi connectivity index (χ4n) is 6.75. The monoisotopic (exact) mass is 730 g/mol. The van der Waals surface area contributed by atoms with Crippen molar-refractivity contribution in [2.45, 2.75) is 116 Å². The molecule has 3 N–H and O–H groups in total. The van der Waals surface area contributed by atoms with Crippen LogP contribution in [-0.2, 0) is 27.2 Å².